The van der Waals surface area contributed by atoms with Gasteiger partial charge in [0.25, 0.3) is 0 Å². The quantitative estimate of drug-likeness (QED) is 0.294. The van der Waals surface area contributed by atoms with Crippen LogP contribution in [0.25, 0.3) is 11.2 Å². The van der Waals surface area contributed by atoms with Crippen LogP contribution in [0, 0.1) is 5.92 Å². The van der Waals surface area contributed by atoms with Gasteiger partial charge in [0, 0.05) is 0 Å². The molecule has 4 unspecified atom stereocenters. The van der Waals surface area contributed by atoms with E-state index >= 15 is 0 Å². The minimum Gasteiger partial charge on any atom is -0.382 e. The number of hydrogen-bond acceptors (Lipinski definition) is 11. The average molecular weight is 503 g/mol. The van der Waals surface area contributed by atoms with Crippen LogP contribution in [-0.4, -0.2) is 57.9 Å². The molecular formula is C12H20N5O11P3. The van der Waals surface area contributed by atoms with Gasteiger partial charge in [-0.2, -0.15) is 8.62 Å². The molecule has 19 heteroatoms. The molecule has 3 rings (SSSR count). The van der Waals surface area contributed by atoms with Crippen LogP contribution in [0.15, 0.2) is 12.7 Å². The van der Waals surface area contributed by atoms with E-state index in [9.17, 15) is 18.6 Å². The molecule has 0 amide bonds. The fourth-order valence-corrected chi connectivity index (χ4v) is 6.09. The zero-order chi connectivity index (χ0) is 23.0. The summed E-state index contributed by atoms with van der Waals surface area (Å²) in [6, 6.07) is 0. The molecule has 3 heterocycles. The average Bonchev–Trinajstić information content (AvgIpc) is 3.15. The minimum absolute atomic E-state index is 0.00818. The summed E-state index contributed by atoms with van der Waals surface area (Å²) < 4.78 is 53.3. The predicted molar refractivity (Wildman–Crippen MR) is 102 cm³/mol. The topological polar surface area (TPSA) is 239 Å². The van der Waals surface area contributed by atoms with Gasteiger partial charge in [-0.05, 0) is 12.3 Å². The summed E-state index contributed by atoms with van der Waals surface area (Å²) in [7, 11) is -16.2. The van der Waals surface area contributed by atoms with Gasteiger partial charge < -0.3 is 34.6 Å². The largest absolute Gasteiger partial charge is 0.490 e. The normalized spacial score (nSPS) is 26.0. The number of phosphoric ester groups is 1. The Kier molecular flexibility index (Phi) is 7.02. The Balaban J connectivity index is 1.57. The molecule has 0 bridgehead atoms. The lowest BCUT2D eigenvalue weighted by atomic mass is 10.0. The molecule has 1 aliphatic rings. The van der Waals surface area contributed by atoms with Gasteiger partial charge in [-0.3, -0.25) is 4.52 Å². The molecule has 2 aromatic heterocycles. The highest BCUT2D eigenvalue weighted by Crippen LogP contribution is 2.66. The number of rotatable bonds is 9. The molecule has 2 aromatic rings. The summed E-state index contributed by atoms with van der Waals surface area (Å²) in [6.07, 6.45) is 2.25. The second kappa shape index (κ2) is 8.93. The summed E-state index contributed by atoms with van der Waals surface area (Å²) in [6.45, 7) is 1.74. The molecule has 0 saturated carbocycles. The Bertz CT molecular complexity index is 1090. The molecule has 1 aliphatic heterocycles. The first-order valence-electron chi connectivity index (χ1n) is 8.60. The molecule has 0 radical (unpaired) electrons. The highest BCUT2D eigenvalue weighted by atomic mass is 31.3. The molecule has 31 heavy (non-hydrogen) atoms. The van der Waals surface area contributed by atoms with Crippen LogP contribution in [0.5, 0.6) is 0 Å². The first-order chi connectivity index (χ1) is 14.2. The van der Waals surface area contributed by atoms with Crippen molar-refractivity contribution in [1.82, 2.24) is 19.5 Å². The molecule has 0 aromatic carbocycles. The van der Waals surface area contributed by atoms with Crippen LogP contribution in [0.2, 0.25) is 0 Å². The third kappa shape index (κ3) is 6.60. The van der Waals surface area contributed by atoms with E-state index in [2.05, 4.69) is 28.1 Å². The second-order valence-electron chi connectivity index (χ2n) is 6.72. The molecule has 1 saturated heterocycles. The van der Waals surface area contributed by atoms with Crippen molar-refractivity contribution >= 4 is 40.4 Å². The van der Waals surface area contributed by atoms with E-state index in [1.54, 1.807) is 4.57 Å². The number of ether oxygens (including phenoxy) is 1. The van der Waals surface area contributed by atoms with Crippen LogP contribution >= 0.6 is 23.5 Å². The molecule has 16 nitrogen and oxygen atoms in total. The van der Waals surface area contributed by atoms with E-state index < -0.39 is 36.2 Å². The zero-order valence-corrected chi connectivity index (χ0v) is 18.5. The summed E-state index contributed by atoms with van der Waals surface area (Å²) in [5.41, 5.74) is 6.71. The van der Waals surface area contributed by atoms with Crippen molar-refractivity contribution in [2.75, 3.05) is 12.3 Å². The number of anilines is 1. The van der Waals surface area contributed by atoms with Gasteiger partial charge in [0.1, 0.15) is 11.8 Å². The number of nitrogens with two attached hydrogens (primary N) is 1. The Hall–Kier alpha value is -1.28. The van der Waals surface area contributed by atoms with Crippen LogP contribution in [-0.2, 0) is 38.1 Å². The Morgan fingerprint density at radius 3 is 2.55 bits per heavy atom. The van der Waals surface area contributed by atoms with Crippen molar-refractivity contribution in [2.24, 2.45) is 5.92 Å². The molecule has 0 aliphatic carbocycles. The molecule has 174 valence electrons. The molecule has 0 spiro atoms. The zero-order valence-electron chi connectivity index (χ0n) is 15.9. The number of nitrogens with zero attached hydrogens (tertiary/aromatic N) is 4. The first kappa shape index (κ1) is 24.4. The monoisotopic (exact) mass is 503 g/mol. The summed E-state index contributed by atoms with van der Waals surface area (Å²) in [5.74, 6) is 0.226. The van der Waals surface area contributed by atoms with Crippen LogP contribution in [0.4, 0.5) is 5.82 Å². The number of fused-ring (bicyclic) bond motifs is 1. The van der Waals surface area contributed by atoms with Gasteiger partial charge in [0.15, 0.2) is 11.5 Å². The first-order valence-corrected chi connectivity index (χ1v) is 13.1. The third-order valence-electron chi connectivity index (χ3n) is 4.28. The lowest BCUT2D eigenvalue weighted by Gasteiger charge is -2.18. The summed E-state index contributed by atoms with van der Waals surface area (Å²) in [4.78, 5) is 47.9. The van der Waals surface area contributed by atoms with Gasteiger partial charge in [-0.15, -0.1) is 0 Å². The van der Waals surface area contributed by atoms with Crippen molar-refractivity contribution in [3.63, 3.8) is 0 Å². The van der Waals surface area contributed by atoms with Crippen molar-refractivity contribution in [2.45, 2.75) is 32.1 Å². The summed E-state index contributed by atoms with van der Waals surface area (Å²) >= 11 is 0. The third-order valence-corrected chi connectivity index (χ3v) is 8.08. The number of nitrogen functional groups attached to an aromatic ring is 1. The fourth-order valence-electron chi connectivity index (χ4n) is 3.04. The maximum Gasteiger partial charge on any atom is 0.490 e. The number of phosphoric acid groups is 3. The molecular weight excluding hydrogens is 483 g/mol. The van der Waals surface area contributed by atoms with E-state index in [0.29, 0.717) is 24.1 Å². The lowest BCUT2D eigenvalue weighted by molar-refractivity contribution is -0.00115. The van der Waals surface area contributed by atoms with E-state index in [0.717, 1.165) is 0 Å². The standard InChI is InChI=1S/C12H20N5O11P3/c1-7-2-8(4-25-30(21,22)28-31(23,24)27-29(18,19)20)26-9(7)3-17-6-16-10-11(13)14-5-15-12(10)17/h5-9H,2-4H2,1H3,(H,21,22)(H,23,24)(H2,13,14,15)(H2,18,19,20)/t7?,8-,9?/m0/s1. The van der Waals surface area contributed by atoms with E-state index in [1.807, 2.05) is 6.92 Å². The maximum absolute atomic E-state index is 11.8. The van der Waals surface area contributed by atoms with Crippen molar-refractivity contribution < 1.29 is 51.2 Å². The number of hydrogen-bond donors (Lipinski definition) is 5. The summed E-state index contributed by atoms with van der Waals surface area (Å²) in [5, 5.41) is 0. The van der Waals surface area contributed by atoms with Crippen LogP contribution in [0.3, 0.4) is 0 Å². The maximum atomic E-state index is 11.8. The van der Waals surface area contributed by atoms with Crippen LogP contribution < -0.4 is 5.73 Å². The SMILES string of the molecule is CC1C[C@@H](COP(=O)(O)OP(=O)(O)OP(=O)(O)O)OC1Cn1cnc2c(N)ncnc21. The second-order valence-corrected chi connectivity index (χ2v) is 11.1. The molecule has 6 N–H and O–H groups in total. The fraction of sp³-hybridized carbons (Fsp3) is 0.583. The minimum atomic E-state index is -5.56. The van der Waals surface area contributed by atoms with Crippen molar-refractivity contribution in [1.29, 1.82) is 0 Å². The van der Waals surface area contributed by atoms with Crippen molar-refractivity contribution in [3.05, 3.63) is 12.7 Å². The van der Waals surface area contributed by atoms with Gasteiger partial charge >= 0.3 is 23.5 Å². The van der Waals surface area contributed by atoms with Gasteiger partial charge in [-0.1, -0.05) is 6.92 Å². The van der Waals surface area contributed by atoms with Gasteiger partial charge in [0.05, 0.1) is 31.7 Å². The highest BCUT2D eigenvalue weighted by molar-refractivity contribution is 7.66. The van der Waals surface area contributed by atoms with Crippen molar-refractivity contribution in [3.8, 4) is 0 Å². The Morgan fingerprint density at radius 2 is 1.87 bits per heavy atom. The highest BCUT2D eigenvalue weighted by Gasteiger charge is 2.42. The van der Waals surface area contributed by atoms with E-state index in [4.69, 9.17) is 25.2 Å². The predicted octanol–water partition coefficient (Wildman–Crippen LogP) is 0.545. The lowest BCUT2D eigenvalue weighted by Crippen LogP contribution is -2.22. The van der Waals surface area contributed by atoms with E-state index in [-0.39, 0.29) is 17.8 Å². The Labute approximate surface area is 174 Å². The smallest absolute Gasteiger partial charge is 0.382 e. The Morgan fingerprint density at radius 1 is 1.16 bits per heavy atom. The van der Waals surface area contributed by atoms with Crippen LogP contribution in [0.1, 0.15) is 13.3 Å². The molecule has 5 atom stereocenters. The van der Waals surface area contributed by atoms with Gasteiger partial charge in [-0.25, -0.2) is 28.6 Å². The molecule has 1 fully saturated rings. The van der Waals surface area contributed by atoms with E-state index in [1.165, 1.54) is 12.7 Å². The van der Waals surface area contributed by atoms with Gasteiger partial charge in [0.2, 0.25) is 0 Å². The number of aromatic nitrogens is 4. The number of imidazole rings is 1.